The predicted octanol–water partition coefficient (Wildman–Crippen LogP) is 3.11. The maximum Gasteiger partial charge on any atom is 0.224 e. The number of sulfonamides is 1. The van der Waals surface area contributed by atoms with Crippen LogP contribution in [0, 0.1) is 0 Å². The largest absolute Gasteiger partial charge is 0.493 e. The minimum atomic E-state index is -3.17. The molecule has 1 aliphatic carbocycles. The van der Waals surface area contributed by atoms with E-state index >= 15 is 0 Å². The number of methoxy groups -OCH3 is 1. The van der Waals surface area contributed by atoms with Crippen molar-refractivity contribution < 1.29 is 17.9 Å². The van der Waals surface area contributed by atoms with E-state index in [0.717, 1.165) is 54.6 Å². The molecule has 0 amide bonds. The molecule has 0 aliphatic heterocycles. The van der Waals surface area contributed by atoms with E-state index in [1.165, 1.54) is 6.26 Å². The van der Waals surface area contributed by atoms with Crippen LogP contribution in [0.5, 0.6) is 5.75 Å². The van der Waals surface area contributed by atoms with Gasteiger partial charge < -0.3 is 19.4 Å². The summed E-state index contributed by atoms with van der Waals surface area (Å²) in [6.45, 7) is 1.27. The molecule has 178 valence electrons. The van der Waals surface area contributed by atoms with Gasteiger partial charge in [0.25, 0.3) is 0 Å². The molecule has 1 saturated carbocycles. The zero-order valence-electron chi connectivity index (χ0n) is 19.0. The lowest BCUT2D eigenvalue weighted by atomic mass is 9.92. The molecular formula is C23H31N5O4S. The first-order chi connectivity index (χ1) is 15.9. The molecule has 0 atom stereocenters. The van der Waals surface area contributed by atoms with Crippen molar-refractivity contribution in [2.75, 3.05) is 31.9 Å². The zero-order valence-corrected chi connectivity index (χ0v) is 19.8. The number of fused-ring (bicyclic) bond motifs is 1. The number of hydrogen-bond donors (Lipinski definition) is 2. The van der Waals surface area contributed by atoms with Gasteiger partial charge in [-0.1, -0.05) is 6.07 Å². The Morgan fingerprint density at radius 1 is 1.09 bits per heavy atom. The highest BCUT2D eigenvalue weighted by molar-refractivity contribution is 7.88. The van der Waals surface area contributed by atoms with Gasteiger partial charge in [-0.2, -0.15) is 4.98 Å². The first kappa shape index (κ1) is 23.5. The standard InChI is InChI=1S/C23H31N5O4S/c1-31-15-4-16-32-21-6-3-5-20-19(21)12-14-28(20)22-11-13-24-23(26-22)25-17-7-9-18(10-8-17)27-33(2,29)30/h3,5-6,11-14,17-18,27H,4,7-10,15-16H2,1-2H3,(H,24,25,26). The van der Waals surface area contributed by atoms with E-state index in [9.17, 15) is 8.42 Å². The summed E-state index contributed by atoms with van der Waals surface area (Å²) in [4.78, 5) is 9.12. The van der Waals surface area contributed by atoms with Crippen LogP contribution in [0.1, 0.15) is 32.1 Å². The highest BCUT2D eigenvalue weighted by Gasteiger charge is 2.23. The molecule has 10 heteroatoms. The van der Waals surface area contributed by atoms with E-state index in [0.29, 0.717) is 19.2 Å². The van der Waals surface area contributed by atoms with Crippen molar-refractivity contribution in [2.24, 2.45) is 0 Å². The Morgan fingerprint density at radius 2 is 1.88 bits per heavy atom. The highest BCUT2D eigenvalue weighted by atomic mass is 32.2. The third-order valence-electron chi connectivity index (χ3n) is 5.77. The summed E-state index contributed by atoms with van der Waals surface area (Å²) in [5.74, 6) is 2.18. The minimum Gasteiger partial charge on any atom is -0.493 e. The number of anilines is 1. The number of nitrogens with one attached hydrogen (secondary N) is 2. The Balaban J connectivity index is 1.44. The van der Waals surface area contributed by atoms with Crippen molar-refractivity contribution in [3.05, 3.63) is 42.7 Å². The van der Waals surface area contributed by atoms with E-state index in [4.69, 9.17) is 14.5 Å². The number of aromatic nitrogens is 3. The van der Waals surface area contributed by atoms with Gasteiger partial charge in [0.15, 0.2) is 0 Å². The fraction of sp³-hybridized carbons (Fsp3) is 0.478. The van der Waals surface area contributed by atoms with Crippen LogP contribution < -0.4 is 14.8 Å². The van der Waals surface area contributed by atoms with Crippen molar-refractivity contribution in [3.63, 3.8) is 0 Å². The van der Waals surface area contributed by atoms with E-state index < -0.39 is 10.0 Å². The van der Waals surface area contributed by atoms with E-state index in [1.54, 1.807) is 13.3 Å². The molecule has 2 heterocycles. The van der Waals surface area contributed by atoms with Crippen LogP contribution in [0.2, 0.25) is 0 Å². The fourth-order valence-electron chi connectivity index (χ4n) is 4.24. The van der Waals surface area contributed by atoms with Gasteiger partial charge in [-0.05, 0) is 49.9 Å². The number of ether oxygens (including phenoxy) is 2. The fourth-order valence-corrected chi connectivity index (χ4v) is 5.09. The molecule has 0 bridgehead atoms. The lowest BCUT2D eigenvalue weighted by Gasteiger charge is -2.29. The molecule has 4 rings (SSSR count). The molecule has 1 fully saturated rings. The van der Waals surface area contributed by atoms with Gasteiger partial charge in [0.1, 0.15) is 11.6 Å². The second kappa shape index (κ2) is 10.5. The highest BCUT2D eigenvalue weighted by Crippen LogP contribution is 2.29. The van der Waals surface area contributed by atoms with Crippen LogP contribution in [-0.2, 0) is 14.8 Å². The second-order valence-electron chi connectivity index (χ2n) is 8.39. The Bertz CT molecular complexity index is 1170. The third kappa shape index (κ3) is 6.21. The molecule has 0 spiro atoms. The Morgan fingerprint density at radius 3 is 2.64 bits per heavy atom. The molecule has 33 heavy (non-hydrogen) atoms. The molecule has 1 aliphatic rings. The van der Waals surface area contributed by atoms with Gasteiger partial charge in [0.05, 0.1) is 18.4 Å². The van der Waals surface area contributed by atoms with E-state index in [2.05, 4.69) is 15.0 Å². The van der Waals surface area contributed by atoms with Crippen LogP contribution in [0.4, 0.5) is 5.95 Å². The molecule has 2 N–H and O–H groups in total. The number of benzene rings is 1. The minimum absolute atomic E-state index is 0.00227. The average Bonchev–Trinajstić information content (AvgIpc) is 3.22. The zero-order chi connectivity index (χ0) is 23.3. The van der Waals surface area contributed by atoms with Gasteiger partial charge in [-0.25, -0.2) is 18.1 Å². The van der Waals surface area contributed by atoms with Crippen LogP contribution in [0.3, 0.4) is 0 Å². The Labute approximate surface area is 194 Å². The summed E-state index contributed by atoms with van der Waals surface area (Å²) >= 11 is 0. The quantitative estimate of drug-likeness (QED) is 0.436. The topological polar surface area (TPSA) is 107 Å². The maximum atomic E-state index is 11.5. The van der Waals surface area contributed by atoms with E-state index in [-0.39, 0.29) is 12.1 Å². The molecule has 9 nitrogen and oxygen atoms in total. The molecule has 1 aromatic carbocycles. The number of hydrogen-bond acceptors (Lipinski definition) is 7. The molecular weight excluding hydrogens is 442 g/mol. The summed E-state index contributed by atoms with van der Waals surface area (Å²) in [7, 11) is -1.49. The van der Waals surface area contributed by atoms with Crippen molar-refractivity contribution in [1.82, 2.24) is 19.3 Å². The number of nitrogens with zero attached hydrogens (tertiary/aromatic N) is 3. The van der Waals surface area contributed by atoms with E-state index in [1.807, 2.05) is 41.1 Å². The first-order valence-corrected chi connectivity index (χ1v) is 13.1. The van der Waals surface area contributed by atoms with Gasteiger partial charge in [-0.3, -0.25) is 0 Å². The van der Waals surface area contributed by atoms with Crippen molar-refractivity contribution in [2.45, 2.75) is 44.2 Å². The second-order valence-corrected chi connectivity index (χ2v) is 10.2. The lowest BCUT2D eigenvalue weighted by Crippen LogP contribution is -2.39. The van der Waals surface area contributed by atoms with Crippen molar-refractivity contribution >= 4 is 26.9 Å². The van der Waals surface area contributed by atoms with Gasteiger partial charge in [0, 0.05) is 50.0 Å². The molecule has 2 aromatic heterocycles. The number of rotatable bonds is 10. The average molecular weight is 474 g/mol. The first-order valence-electron chi connectivity index (χ1n) is 11.2. The van der Waals surface area contributed by atoms with Crippen LogP contribution in [0.15, 0.2) is 42.7 Å². The summed E-state index contributed by atoms with van der Waals surface area (Å²) < 4.78 is 38.7. The summed E-state index contributed by atoms with van der Waals surface area (Å²) in [5.41, 5.74) is 1.01. The third-order valence-corrected chi connectivity index (χ3v) is 6.53. The molecule has 0 saturated heterocycles. The molecule has 3 aromatic rings. The lowest BCUT2D eigenvalue weighted by molar-refractivity contribution is 0.172. The maximum absolute atomic E-state index is 11.5. The monoisotopic (exact) mass is 473 g/mol. The Hall–Kier alpha value is -2.69. The predicted molar refractivity (Wildman–Crippen MR) is 128 cm³/mol. The van der Waals surface area contributed by atoms with Crippen LogP contribution in [0.25, 0.3) is 16.7 Å². The van der Waals surface area contributed by atoms with Gasteiger partial charge in [-0.15, -0.1) is 0 Å². The smallest absolute Gasteiger partial charge is 0.224 e. The summed E-state index contributed by atoms with van der Waals surface area (Å²) in [6, 6.07) is 10.1. The van der Waals surface area contributed by atoms with Crippen molar-refractivity contribution in [1.29, 1.82) is 0 Å². The summed E-state index contributed by atoms with van der Waals surface area (Å²) in [5, 5.41) is 4.44. The van der Waals surface area contributed by atoms with Crippen molar-refractivity contribution in [3.8, 4) is 11.6 Å². The molecule has 0 radical (unpaired) electrons. The van der Waals surface area contributed by atoms with Gasteiger partial charge >= 0.3 is 0 Å². The van der Waals surface area contributed by atoms with Crippen LogP contribution in [-0.4, -0.2) is 61.6 Å². The SMILES string of the molecule is COCCCOc1cccc2c1ccn2-c1ccnc(NC2CCC(NS(C)(=O)=O)CC2)n1. The normalized spacial score (nSPS) is 19.0. The van der Waals surface area contributed by atoms with Crippen LogP contribution >= 0.6 is 0 Å². The van der Waals surface area contributed by atoms with Gasteiger partial charge in [0.2, 0.25) is 16.0 Å². The summed E-state index contributed by atoms with van der Waals surface area (Å²) in [6.07, 6.45) is 9.08. The Kier molecular flexibility index (Phi) is 7.46. The molecule has 0 unspecified atom stereocenters.